The third-order valence-corrected chi connectivity index (χ3v) is 4.94. The van der Waals surface area contributed by atoms with Crippen LogP contribution in [0.2, 0.25) is 0 Å². The van der Waals surface area contributed by atoms with Gasteiger partial charge in [0.2, 0.25) is 0 Å². The van der Waals surface area contributed by atoms with Gasteiger partial charge in [0.15, 0.2) is 0 Å². The molecule has 24 heavy (non-hydrogen) atoms. The quantitative estimate of drug-likeness (QED) is 0.362. The fourth-order valence-electron chi connectivity index (χ4n) is 2.75. The van der Waals surface area contributed by atoms with Crippen molar-refractivity contribution in [1.82, 2.24) is 10.3 Å². The van der Waals surface area contributed by atoms with E-state index in [1.165, 1.54) is 12.1 Å². The van der Waals surface area contributed by atoms with Crippen LogP contribution >= 0.6 is 0 Å². The van der Waals surface area contributed by atoms with Crippen molar-refractivity contribution >= 4 is 5.95 Å². The Morgan fingerprint density at radius 1 is 1.42 bits per heavy atom. The first-order valence-electron chi connectivity index (χ1n) is 8.98. The van der Waals surface area contributed by atoms with Gasteiger partial charge in [-0.3, -0.25) is 0 Å². The van der Waals surface area contributed by atoms with Crippen LogP contribution in [0.25, 0.3) is 0 Å². The van der Waals surface area contributed by atoms with E-state index in [-0.39, 0.29) is 11.6 Å². The van der Waals surface area contributed by atoms with E-state index in [4.69, 9.17) is 0 Å². The maximum atomic E-state index is 4.38. The number of azo groups is 1. The largest absolute Gasteiger partial charge is 0.418 e. The Kier molecular flexibility index (Phi) is 6.73. The topological polar surface area (TPSA) is 84.1 Å². The van der Waals surface area contributed by atoms with Crippen molar-refractivity contribution in [2.24, 2.45) is 17.3 Å². The Morgan fingerprint density at radius 3 is 2.79 bits per heavy atom. The van der Waals surface area contributed by atoms with Crippen LogP contribution in [0.5, 0.6) is 0 Å². The van der Waals surface area contributed by atoms with Crippen LogP contribution in [0, 0.1) is 0 Å². The predicted octanol–water partition coefficient (Wildman–Crippen LogP) is 2.31. The molecular weight excluding hydrogens is 300 g/mol. The first-order chi connectivity index (χ1) is 11.6. The molecule has 0 aromatic carbocycles. The number of nitrogens with one attached hydrogen (secondary N) is 2. The summed E-state index contributed by atoms with van der Waals surface area (Å²) in [4.78, 5) is 3.06. The number of imidazole rings is 1. The van der Waals surface area contributed by atoms with E-state index in [0.29, 0.717) is 0 Å². The second kappa shape index (κ2) is 8.78. The summed E-state index contributed by atoms with van der Waals surface area (Å²) in [7, 11) is 1.95. The zero-order chi connectivity index (χ0) is 17.4. The highest BCUT2D eigenvalue weighted by molar-refractivity contribution is 5.23. The van der Waals surface area contributed by atoms with Gasteiger partial charge in [0.25, 0.3) is 0 Å². The minimum atomic E-state index is 0.117. The Morgan fingerprint density at radius 2 is 2.21 bits per heavy atom. The fourth-order valence-corrected chi connectivity index (χ4v) is 2.75. The molecule has 0 bridgehead atoms. The lowest BCUT2D eigenvalue weighted by Gasteiger charge is -2.23. The summed E-state index contributed by atoms with van der Waals surface area (Å²) in [6, 6.07) is 0.117. The fraction of sp³-hybridized carbons (Fsp3) is 0.611. The van der Waals surface area contributed by atoms with Crippen LogP contribution in [-0.4, -0.2) is 23.1 Å². The van der Waals surface area contributed by atoms with E-state index in [9.17, 15) is 0 Å². The molecule has 1 unspecified atom stereocenters. The van der Waals surface area contributed by atoms with E-state index < -0.39 is 0 Å². The van der Waals surface area contributed by atoms with Crippen molar-refractivity contribution in [3.8, 4) is 0 Å². The summed E-state index contributed by atoms with van der Waals surface area (Å²) in [5.74, 6) is 0.764. The molecule has 0 saturated heterocycles. The lowest BCUT2D eigenvalue weighted by Crippen LogP contribution is -2.72. The second-order valence-electron chi connectivity index (χ2n) is 6.67. The van der Waals surface area contributed by atoms with Crippen molar-refractivity contribution in [2.75, 3.05) is 6.54 Å². The van der Waals surface area contributed by atoms with E-state index in [0.717, 1.165) is 38.2 Å². The first kappa shape index (κ1) is 18.4. The number of hydrogen-bond donors (Lipinski definition) is 3. The Hall–Kier alpha value is -1.95. The lowest BCUT2D eigenvalue weighted by molar-refractivity contribution is -0.657. The Labute approximate surface area is 144 Å². The molecule has 0 radical (unpaired) electrons. The highest BCUT2D eigenvalue weighted by atomic mass is 15.3. The zero-order valence-corrected chi connectivity index (χ0v) is 15.3. The SMILES string of the molecule is CCC([NH3+])(CC)CCCNC1=CCC(N=Nc2[nH]cc[n+]2C)C=C1. The molecule has 1 atom stereocenters. The van der Waals surface area contributed by atoms with Crippen molar-refractivity contribution < 1.29 is 10.3 Å². The minimum Gasteiger partial charge on any atom is -0.385 e. The molecule has 5 N–H and O–H groups in total. The normalized spacial score (nSPS) is 18.2. The molecule has 6 nitrogen and oxygen atoms in total. The lowest BCUT2D eigenvalue weighted by atomic mass is 9.89. The molecule has 6 heteroatoms. The highest BCUT2D eigenvalue weighted by Gasteiger charge is 2.23. The molecular formula is C18H32N6+2. The number of quaternary nitrogens is 1. The average molecular weight is 332 g/mol. The smallest absolute Gasteiger partial charge is 0.385 e. The van der Waals surface area contributed by atoms with Crippen LogP contribution in [0.3, 0.4) is 0 Å². The molecule has 0 amide bonds. The molecule has 2 rings (SSSR count). The van der Waals surface area contributed by atoms with Gasteiger partial charge in [-0.25, -0.2) is 9.55 Å². The van der Waals surface area contributed by atoms with Crippen LogP contribution in [0.1, 0.15) is 46.0 Å². The highest BCUT2D eigenvalue weighted by Crippen LogP contribution is 2.16. The summed E-state index contributed by atoms with van der Waals surface area (Å²) in [5, 5.41) is 12.1. The molecule has 132 valence electrons. The monoisotopic (exact) mass is 332 g/mol. The van der Waals surface area contributed by atoms with E-state index >= 15 is 0 Å². The maximum Gasteiger partial charge on any atom is 0.418 e. The molecule has 1 heterocycles. The summed E-state index contributed by atoms with van der Waals surface area (Å²) in [5.41, 5.74) is 5.80. The summed E-state index contributed by atoms with van der Waals surface area (Å²) in [6.07, 6.45) is 15.7. The van der Waals surface area contributed by atoms with Crippen molar-refractivity contribution in [1.29, 1.82) is 0 Å². The average Bonchev–Trinajstić information content (AvgIpc) is 3.02. The number of rotatable bonds is 9. The number of allylic oxidation sites excluding steroid dienone is 1. The molecule has 1 aromatic rings. The summed E-state index contributed by atoms with van der Waals surface area (Å²) < 4.78 is 1.91. The van der Waals surface area contributed by atoms with Crippen molar-refractivity contribution in [2.45, 2.75) is 57.5 Å². The zero-order valence-electron chi connectivity index (χ0n) is 15.3. The number of aromatic nitrogens is 2. The number of aromatic amines is 1. The van der Waals surface area contributed by atoms with Gasteiger partial charge in [0.05, 0.1) is 25.0 Å². The molecule has 0 saturated carbocycles. The molecule has 1 aliphatic carbocycles. The van der Waals surface area contributed by atoms with Crippen LogP contribution in [-0.2, 0) is 7.05 Å². The third-order valence-electron chi connectivity index (χ3n) is 4.94. The minimum absolute atomic E-state index is 0.117. The number of aryl methyl sites for hydroxylation is 1. The van der Waals surface area contributed by atoms with E-state index in [1.807, 2.05) is 24.0 Å². The first-order valence-corrected chi connectivity index (χ1v) is 8.98. The van der Waals surface area contributed by atoms with Gasteiger partial charge in [0.1, 0.15) is 6.04 Å². The number of nitrogens with zero attached hydrogens (tertiary/aromatic N) is 3. The predicted molar refractivity (Wildman–Crippen MR) is 95.6 cm³/mol. The number of H-pyrrole nitrogens is 1. The van der Waals surface area contributed by atoms with E-state index in [2.05, 4.69) is 58.3 Å². The summed E-state index contributed by atoms with van der Waals surface area (Å²) in [6.45, 7) is 5.47. The van der Waals surface area contributed by atoms with Gasteiger partial charge in [-0.2, -0.15) is 0 Å². The van der Waals surface area contributed by atoms with Gasteiger partial charge < -0.3 is 11.1 Å². The molecule has 0 fully saturated rings. The summed E-state index contributed by atoms with van der Waals surface area (Å²) >= 11 is 0. The van der Waals surface area contributed by atoms with Crippen LogP contribution in [0.4, 0.5) is 5.95 Å². The van der Waals surface area contributed by atoms with Crippen molar-refractivity contribution in [3.63, 3.8) is 0 Å². The van der Waals surface area contributed by atoms with Crippen LogP contribution in [0.15, 0.2) is 46.5 Å². The van der Waals surface area contributed by atoms with Gasteiger partial charge in [-0.1, -0.05) is 26.0 Å². The van der Waals surface area contributed by atoms with Gasteiger partial charge >= 0.3 is 5.95 Å². The third kappa shape index (κ3) is 5.30. The van der Waals surface area contributed by atoms with Gasteiger partial charge in [-0.15, -0.1) is 5.11 Å². The molecule has 0 spiro atoms. The van der Waals surface area contributed by atoms with Gasteiger partial charge in [0, 0.05) is 23.8 Å². The molecule has 1 aromatic heterocycles. The molecule has 1 aliphatic rings. The maximum absolute atomic E-state index is 4.38. The standard InChI is InChI=1S/C18H30N6/c1-4-18(19,5-2)11-6-12-20-15-7-9-16(10-8-15)22-23-17-21-13-14-24(17)3/h7-9,13-14,16,20H,4-6,10-12,19H2,1-3H3/p+2. The molecule has 0 aliphatic heterocycles. The second-order valence-corrected chi connectivity index (χ2v) is 6.67. The Balaban J connectivity index is 1.71. The number of hydrogen-bond acceptors (Lipinski definition) is 3. The van der Waals surface area contributed by atoms with Crippen LogP contribution < -0.4 is 15.6 Å². The Bertz CT molecular complexity index is 594. The van der Waals surface area contributed by atoms with Gasteiger partial charge in [-0.05, 0) is 31.8 Å². The van der Waals surface area contributed by atoms with E-state index in [1.54, 1.807) is 0 Å². The van der Waals surface area contributed by atoms with Crippen molar-refractivity contribution in [3.05, 3.63) is 36.3 Å².